The molecule has 0 fully saturated rings. The number of hydrogen-bond donors (Lipinski definition) is 0. The SMILES string of the molecule is CC(C)(C)c1c[c-]c(-c2nccc3c2C(C)(C)c2cc4ccccc4cc2-3)cc1.[Ir]. The fourth-order valence-corrected chi connectivity index (χ4v) is 4.68. The number of fused-ring (bicyclic) bond motifs is 4. The molecule has 153 valence electrons. The minimum absolute atomic E-state index is 0. The average molecular weight is 569 g/mol. The molecule has 5 rings (SSSR count). The molecule has 1 aromatic heterocycles. The second kappa shape index (κ2) is 7.15. The maximum absolute atomic E-state index is 4.83. The summed E-state index contributed by atoms with van der Waals surface area (Å²) in [5.74, 6) is 0. The molecule has 1 aliphatic rings. The molecular formula is C28H26IrN-. The van der Waals surface area contributed by atoms with E-state index in [9.17, 15) is 0 Å². The van der Waals surface area contributed by atoms with Crippen molar-refractivity contribution in [3.05, 3.63) is 89.6 Å². The van der Waals surface area contributed by atoms with Crippen molar-refractivity contribution in [3.63, 3.8) is 0 Å². The Hall–Kier alpha value is -2.28. The van der Waals surface area contributed by atoms with Crippen LogP contribution in [0.15, 0.2) is 66.9 Å². The van der Waals surface area contributed by atoms with Crippen molar-refractivity contribution >= 4 is 10.8 Å². The monoisotopic (exact) mass is 569 g/mol. The first kappa shape index (κ1) is 21.0. The van der Waals surface area contributed by atoms with Gasteiger partial charge in [0.25, 0.3) is 0 Å². The molecule has 0 unspecified atom stereocenters. The van der Waals surface area contributed by atoms with Gasteiger partial charge < -0.3 is 4.98 Å². The third-order valence-corrected chi connectivity index (χ3v) is 6.36. The van der Waals surface area contributed by atoms with Gasteiger partial charge >= 0.3 is 0 Å². The molecular weight excluding hydrogens is 543 g/mol. The molecule has 0 spiro atoms. The summed E-state index contributed by atoms with van der Waals surface area (Å²) in [6.07, 6.45) is 1.94. The Labute approximate surface area is 192 Å². The van der Waals surface area contributed by atoms with E-state index < -0.39 is 0 Å². The van der Waals surface area contributed by atoms with E-state index in [4.69, 9.17) is 4.98 Å². The summed E-state index contributed by atoms with van der Waals surface area (Å²) >= 11 is 0. The molecule has 30 heavy (non-hydrogen) atoms. The molecule has 0 saturated carbocycles. The van der Waals surface area contributed by atoms with Crippen molar-refractivity contribution in [1.29, 1.82) is 0 Å². The zero-order valence-corrected chi connectivity index (χ0v) is 20.5. The average Bonchev–Trinajstić information content (AvgIpc) is 2.93. The smallest absolute Gasteiger partial charge is 0.0167 e. The molecule has 1 nitrogen and oxygen atoms in total. The van der Waals surface area contributed by atoms with E-state index >= 15 is 0 Å². The zero-order valence-electron chi connectivity index (χ0n) is 18.1. The normalized spacial score (nSPS) is 14.2. The van der Waals surface area contributed by atoms with Crippen LogP contribution in [0.1, 0.15) is 51.3 Å². The number of rotatable bonds is 1. The Morgan fingerprint density at radius 1 is 0.867 bits per heavy atom. The minimum Gasteiger partial charge on any atom is -0.304 e. The molecule has 1 radical (unpaired) electrons. The standard InChI is InChI=1S/C28H26N.Ir/c1-27(2,3)21-12-10-18(11-13-21)26-25-22(14-15-29-26)23-16-19-8-6-7-9-20(19)17-24(23)28(25,4)5;/h6-10,12-17H,1-5H3;/q-1;. The third-order valence-electron chi connectivity index (χ3n) is 6.36. The van der Waals surface area contributed by atoms with E-state index in [0.717, 1.165) is 11.3 Å². The summed E-state index contributed by atoms with van der Waals surface area (Å²) in [5, 5.41) is 2.58. The Morgan fingerprint density at radius 2 is 1.57 bits per heavy atom. The van der Waals surface area contributed by atoms with Crippen molar-refractivity contribution < 1.29 is 20.1 Å². The van der Waals surface area contributed by atoms with E-state index in [0.29, 0.717) is 0 Å². The Balaban J connectivity index is 0.00000218. The molecule has 0 saturated heterocycles. The van der Waals surface area contributed by atoms with Crippen LogP contribution in [-0.4, -0.2) is 4.98 Å². The van der Waals surface area contributed by atoms with Crippen molar-refractivity contribution in [3.8, 4) is 22.4 Å². The van der Waals surface area contributed by atoms with E-state index in [1.54, 1.807) is 0 Å². The van der Waals surface area contributed by atoms with Crippen molar-refractivity contribution in [2.45, 2.75) is 45.4 Å². The van der Waals surface area contributed by atoms with Crippen LogP contribution in [0.2, 0.25) is 0 Å². The number of pyridine rings is 1. The fraction of sp³-hybridized carbons (Fsp3) is 0.250. The van der Waals surface area contributed by atoms with E-state index in [-0.39, 0.29) is 30.9 Å². The first-order valence-corrected chi connectivity index (χ1v) is 10.3. The quantitative estimate of drug-likeness (QED) is 0.220. The minimum atomic E-state index is -0.102. The predicted octanol–water partition coefficient (Wildman–Crippen LogP) is 7.30. The van der Waals surface area contributed by atoms with Gasteiger partial charge in [0.1, 0.15) is 0 Å². The van der Waals surface area contributed by atoms with Crippen molar-refractivity contribution in [1.82, 2.24) is 4.98 Å². The van der Waals surface area contributed by atoms with Gasteiger partial charge in [0, 0.05) is 31.7 Å². The summed E-state index contributed by atoms with van der Waals surface area (Å²) < 4.78 is 0. The summed E-state index contributed by atoms with van der Waals surface area (Å²) in [5.41, 5.74) is 8.76. The molecule has 1 aliphatic carbocycles. The summed E-state index contributed by atoms with van der Waals surface area (Å²) in [6, 6.07) is 25.5. The van der Waals surface area contributed by atoms with Gasteiger partial charge in [-0.1, -0.05) is 58.9 Å². The molecule has 2 heteroatoms. The van der Waals surface area contributed by atoms with E-state index in [1.807, 2.05) is 6.20 Å². The zero-order chi connectivity index (χ0) is 20.4. The molecule has 0 N–H and O–H groups in total. The molecule has 4 aromatic rings. The van der Waals surface area contributed by atoms with Crippen LogP contribution in [0.4, 0.5) is 0 Å². The van der Waals surface area contributed by atoms with Gasteiger partial charge in [-0.3, -0.25) is 0 Å². The second-order valence-corrected chi connectivity index (χ2v) is 9.69. The van der Waals surface area contributed by atoms with Crippen LogP contribution in [0.3, 0.4) is 0 Å². The van der Waals surface area contributed by atoms with Crippen molar-refractivity contribution in [2.75, 3.05) is 0 Å². The summed E-state index contributed by atoms with van der Waals surface area (Å²) in [6.45, 7) is 11.3. The van der Waals surface area contributed by atoms with Crippen LogP contribution < -0.4 is 0 Å². The predicted molar refractivity (Wildman–Crippen MR) is 122 cm³/mol. The molecule has 0 bridgehead atoms. The summed E-state index contributed by atoms with van der Waals surface area (Å²) in [4.78, 5) is 4.83. The van der Waals surface area contributed by atoms with Gasteiger partial charge in [-0.2, -0.15) is 0 Å². The first-order chi connectivity index (χ1) is 13.8. The van der Waals surface area contributed by atoms with Gasteiger partial charge in [0.05, 0.1) is 0 Å². The van der Waals surface area contributed by atoms with E-state index in [2.05, 4.69) is 101 Å². The molecule has 1 heterocycles. The van der Waals surface area contributed by atoms with Crippen LogP contribution in [0.5, 0.6) is 0 Å². The van der Waals surface area contributed by atoms with E-state index in [1.165, 1.54) is 38.6 Å². The number of aromatic nitrogens is 1. The van der Waals surface area contributed by atoms with Crippen LogP contribution >= 0.6 is 0 Å². The summed E-state index contributed by atoms with van der Waals surface area (Å²) in [7, 11) is 0. The number of benzene rings is 3. The maximum atomic E-state index is 4.83. The van der Waals surface area contributed by atoms with Gasteiger partial charge in [0.2, 0.25) is 0 Å². The topological polar surface area (TPSA) is 12.9 Å². The Kier molecular flexibility index (Phi) is 5.00. The molecule has 0 amide bonds. The van der Waals surface area contributed by atoms with Gasteiger partial charge in [0.15, 0.2) is 0 Å². The Morgan fingerprint density at radius 3 is 2.20 bits per heavy atom. The first-order valence-electron chi connectivity index (χ1n) is 10.3. The van der Waals surface area contributed by atoms with Gasteiger partial charge in [-0.25, -0.2) is 0 Å². The van der Waals surface area contributed by atoms with Crippen LogP contribution in [0.25, 0.3) is 33.2 Å². The van der Waals surface area contributed by atoms with Crippen molar-refractivity contribution in [2.24, 2.45) is 0 Å². The van der Waals surface area contributed by atoms with Crippen LogP contribution in [0, 0.1) is 6.07 Å². The third kappa shape index (κ3) is 3.14. The Bertz CT molecular complexity index is 1240. The maximum Gasteiger partial charge on any atom is 0.0167 e. The molecule has 3 aromatic carbocycles. The fourth-order valence-electron chi connectivity index (χ4n) is 4.68. The number of hydrogen-bond acceptors (Lipinski definition) is 1. The second-order valence-electron chi connectivity index (χ2n) is 9.69. The number of nitrogens with zero attached hydrogens (tertiary/aromatic N) is 1. The van der Waals surface area contributed by atoms with Gasteiger partial charge in [-0.15, -0.1) is 35.4 Å². The van der Waals surface area contributed by atoms with Crippen LogP contribution in [-0.2, 0) is 30.9 Å². The molecule has 0 atom stereocenters. The van der Waals surface area contributed by atoms with Gasteiger partial charge in [-0.05, 0) is 62.3 Å². The molecule has 0 aliphatic heterocycles. The largest absolute Gasteiger partial charge is 0.304 e.